The van der Waals surface area contributed by atoms with Gasteiger partial charge in [0, 0.05) is 5.56 Å². The Morgan fingerprint density at radius 2 is 2.20 bits per heavy atom. The summed E-state index contributed by atoms with van der Waals surface area (Å²) in [5, 5.41) is 12.4. The van der Waals surface area contributed by atoms with E-state index in [9.17, 15) is 18.7 Å². The number of aliphatic hydroxyl groups excluding tert-OH is 1. The first-order chi connectivity index (χ1) is 9.46. The van der Waals surface area contributed by atoms with Crippen LogP contribution in [0.3, 0.4) is 0 Å². The molecule has 1 fully saturated rings. The van der Waals surface area contributed by atoms with Crippen LogP contribution in [0.2, 0.25) is 0 Å². The maximum absolute atomic E-state index is 13.2. The molecular weight excluding hydrogens is 264 g/mol. The van der Waals surface area contributed by atoms with E-state index < -0.39 is 23.1 Å². The first-order valence-corrected chi connectivity index (χ1v) is 6.84. The van der Waals surface area contributed by atoms with E-state index in [4.69, 9.17) is 0 Å². The van der Waals surface area contributed by atoms with Crippen LogP contribution < -0.4 is 5.32 Å². The van der Waals surface area contributed by atoms with Crippen molar-refractivity contribution in [1.29, 1.82) is 0 Å². The molecule has 1 aromatic rings. The summed E-state index contributed by atoms with van der Waals surface area (Å²) >= 11 is 0. The zero-order valence-corrected chi connectivity index (χ0v) is 11.5. The topological polar surface area (TPSA) is 49.3 Å². The minimum atomic E-state index is -1.05. The molecule has 3 nitrogen and oxygen atoms in total. The van der Waals surface area contributed by atoms with E-state index in [0.717, 1.165) is 25.0 Å². The van der Waals surface area contributed by atoms with E-state index in [1.807, 2.05) is 0 Å². The van der Waals surface area contributed by atoms with Crippen molar-refractivity contribution in [2.75, 3.05) is 6.61 Å². The van der Waals surface area contributed by atoms with E-state index >= 15 is 0 Å². The number of amides is 1. The highest BCUT2D eigenvalue weighted by Gasteiger charge is 2.36. The van der Waals surface area contributed by atoms with Crippen molar-refractivity contribution in [3.05, 3.63) is 35.4 Å². The molecule has 110 valence electrons. The SMILES string of the molecule is CC1CCCC(CO)(NC(=O)c2ccc(F)c(F)c2)C1. The standard InChI is InChI=1S/C15H19F2NO2/c1-10-3-2-6-15(8-10,9-19)18-14(20)11-4-5-12(16)13(17)7-11/h4-5,7,10,19H,2-3,6,8-9H2,1H3,(H,18,20). The number of aliphatic hydroxyl groups is 1. The predicted molar refractivity (Wildman–Crippen MR) is 71.3 cm³/mol. The first kappa shape index (κ1) is 14.9. The van der Waals surface area contributed by atoms with Crippen molar-refractivity contribution in [1.82, 2.24) is 5.32 Å². The van der Waals surface area contributed by atoms with Crippen LogP contribution in [-0.2, 0) is 0 Å². The number of hydrogen-bond acceptors (Lipinski definition) is 2. The molecular formula is C15H19F2NO2. The summed E-state index contributed by atoms with van der Waals surface area (Å²) in [6.07, 6.45) is 3.39. The van der Waals surface area contributed by atoms with Crippen molar-refractivity contribution in [2.24, 2.45) is 5.92 Å². The molecule has 0 aliphatic heterocycles. The minimum Gasteiger partial charge on any atom is -0.394 e. The Balaban J connectivity index is 2.14. The van der Waals surface area contributed by atoms with Gasteiger partial charge in [-0.05, 0) is 37.0 Å². The van der Waals surface area contributed by atoms with Crippen molar-refractivity contribution < 1.29 is 18.7 Å². The summed E-state index contributed by atoms with van der Waals surface area (Å²) in [4.78, 5) is 12.1. The van der Waals surface area contributed by atoms with Crippen molar-refractivity contribution in [2.45, 2.75) is 38.1 Å². The molecule has 2 unspecified atom stereocenters. The molecule has 0 bridgehead atoms. The summed E-state index contributed by atoms with van der Waals surface area (Å²) in [5.74, 6) is -2.09. The highest BCUT2D eigenvalue weighted by Crippen LogP contribution is 2.32. The van der Waals surface area contributed by atoms with Crippen molar-refractivity contribution in [3.63, 3.8) is 0 Å². The van der Waals surface area contributed by atoms with E-state index in [1.54, 1.807) is 0 Å². The molecule has 1 aliphatic carbocycles. The monoisotopic (exact) mass is 283 g/mol. The lowest BCUT2D eigenvalue weighted by molar-refractivity contribution is 0.0696. The lowest BCUT2D eigenvalue weighted by atomic mass is 9.76. The highest BCUT2D eigenvalue weighted by atomic mass is 19.2. The number of carbonyl (C=O) groups is 1. The molecule has 0 saturated heterocycles. The van der Waals surface area contributed by atoms with Crippen LogP contribution in [0.15, 0.2) is 18.2 Å². The molecule has 0 heterocycles. The van der Waals surface area contributed by atoms with E-state index in [2.05, 4.69) is 12.2 Å². The average molecular weight is 283 g/mol. The average Bonchev–Trinajstić information content (AvgIpc) is 2.41. The van der Waals surface area contributed by atoms with Gasteiger partial charge in [-0.2, -0.15) is 0 Å². The van der Waals surface area contributed by atoms with Gasteiger partial charge >= 0.3 is 0 Å². The van der Waals surface area contributed by atoms with Gasteiger partial charge in [-0.1, -0.05) is 19.8 Å². The minimum absolute atomic E-state index is 0.0648. The predicted octanol–water partition coefficient (Wildman–Crippen LogP) is 2.64. The molecule has 20 heavy (non-hydrogen) atoms. The Labute approximate surface area is 117 Å². The molecule has 2 N–H and O–H groups in total. The fourth-order valence-electron chi connectivity index (χ4n) is 2.91. The van der Waals surface area contributed by atoms with Crippen LogP contribution in [0.1, 0.15) is 43.0 Å². The van der Waals surface area contributed by atoms with Crippen molar-refractivity contribution in [3.8, 4) is 0 Å². The van der Waals surface area contributed by atoms with Crippen LogP contribution in [0.25, 0.3) is 0 Å². The normalized spacial score (nSPS) is 26.3. The Morgan fingerprint density at radius 1 is 1.45 bits per heavy atom. The van der Waals surface area contributed by atoms with E-state index in [0.29, 0.717) is 18.8 Å². The van der Waals surface area contributed by atoms with Gasteiger partial charge in [0.2, 0.25) is 0 Å². The molecule has 0 aromatic heterocycles. The molecule has 1 saturated carbocycles. The van der Waals surface area contributed by atoms with E-state index in [1.165, 1.54) is 6.07 Å². The van der Waals surface area contributed by atoms with Crippen molar-refractivity contribution >= 4 is 5.91 Å². The maximum atomic E-state index is 13.2. The van der Waals surface area contributed by atoms with Crippen LogP contribution in [0.5, 0.6) is 0 Å². The van der Waals surface area contributed by atoms with Crippen LogP contribution in [-0.4, -0.2) is 23.2 Å². The molecule has 2 atom stereocenters. The number of rotatable bonds is 3. The van der Waals surface area contributed by atoms with Crippen LogP contribution in [0, 0.1) is 17.6 Å². The van der Waals surface area contributed by atoms with Crippen LogP contribution >= 0.6 is 0 Å². The lowest BCUT2D eigenvalue weighted by Crippen LogP contribution is -2.53. The van der Waals surface area contributed by atoms with Gasteiger partial charge in [0.05, 0.1) is 12.1 Å². The molecule has 5 heteroatoms. The number of carbonyl (C=O) groups excluding carboxylic acids is 1. The largest absolute Gasteiger partial charge is 0.394 e. The summed E-state index contributed by atoms with van der Waals surface area (Å²) in [7, 11) is 0. The Hall–Kier alpha value is -1.49. The number of hydrogen-bond donors (Lipinski definition) is 2. The van der Waals surface area contributed by atoms with Gasteiger partial charge in [0.25, 0.3) is 5.91 Å². The number of nitrogens with one attached hydrogen (secondary N) is 1. The second kappa shape index (κ2) is 5.87. The second-order valence-corrected chi connectivity index (χ2v) is 5.72. The number of halogens is 2. The Morgan fingerprint density at radius 3 is 2.80 bits per heavy atom. The summed E-state index contributed by atoms with van der Waals surface area (Å²) in [5.41, 5.74) is -0.588. The third kappa shape index (κ3) is 3.15. The van der Waals surface area contributed by atoms with Gasteiger partial charge < -0.3 is 10.4 Å². The molecule has 1 aromatic carbocycles. The third-order valence-corrected chi connectivity index (χ3v) is 3.95. The Kier molecular flexibility index (Phi) is 4.38. The van der Waals surface area contributed by atoms with Gasteiger partial charge in [-0.15, -0.1) is 0 Å². The molecule has 1 amide bonds. The van der Waals surface area contributed by atoms with Gasteiger partial charge in [-0.25, -0.2) is 8.78 Å². The summed E-state index contributed by atoms with van der Waals surface area (Å²) in [6, 6.07) is 3.05. The van der Waals surface area contributed by atoms with Gasteiger partial charge in [0.15, 0.2) is 11.6 Å². The molecule has 0 radical (unpaired) electrons. The first-order valence-electron chi connectivity index (χ1n) is 6.84. The fourth-order valence-corrected chi connectivity index (χ4v) is 2.91. The third-order valence-electron chi connectivity index (χ3n) is 3.95. The summed E-state index contributed by atoms with van der Waals surface area (Å²) in [6.45, 7) is 1.93. The lowest BCUT2D eigenvalue weighted by Gasteiger charge is -2.39. The van der Waals surface area contributed by atoms with Crippen LogP contribution in [0.4, 0.5) is 8.78 Å². The second-order valence-electron chi connectivity index (χ2n) is 5.72. The number of benzene rings is 1. The fraction of sp³-hybridized carbons (Fsp3) is 0.533. The summed E-state index contributed by atoms with van der Waals surface area (Å²) < 4.78 is 26.0. The quantitative estimate of drug-likeness (QED) is 0.896. The smallest absolute Gasteiger partial charge is 0.251 e. The van der Waals surface area contributed by atoms with E-state index in [-0.39, 0.29) is 12.2 Å². The Bertz CT molecular complexity index is 507. The molecule has 1 aliphatic rings. The zero-order valence-electron chi connectivity index (χ0n) is 11.5. The van der Waals surface area contributed by atoms with Gasteiger partial charge in [0.1, 0.15) is 0 Å². The molecule has 0 spiro atoms. The zero-order chi connectivity index (χ0) is 14.8. The maximum Gasteiger partial charge on any atom is 0.251 e. The van der Waals surface area contributed by atoms with Gasteiger partial charge in [-0.3, -0.25) is 4.79 Å². The molecule has 2 rings (SSSR count). The highest BCUT2D eigenvalue weighted by molar-refractivity contribution is 5.94.